The SMILES string of the molecule is CCC[C@@H]1NC(=O)[C@H](Cc2c[nH]c3ccccc23)NC(=O)[C@H](Cc2ccccc2)NC(=O)[C@@H]2CSSC[C@H](NC(=O)CN)C(=O)N[C@@H](CSSC[C@@H](C(=O)O)NC(=O)[C@@H]3CCCN3C1=O)C(=O)N[C@@H](CO)C(=O)N[C@@H](Cc1cnc[nH]1)C(=O)N1CCC[C@H]1C(=O)N1CCC[C@H]1C(=O)N2. The number of imidazole rings is 1. The maximum absolute atomic E-state index is 15.3. The molecule has 98 heavy (non-hydrogen) atoms. The summed E-state index contributed by atoms with van der Waals surface area (Å²) in [5.74, 6) is -12.7. The van der Waals surface area contributed by atoms with Crippen molar-refractivity contribution in [3.63, 3.8) is 0 Å². The lowest BCUT2D eigenvalue weighted by atomic mass is 10.0. The number of fused-ring (bicyclic) bond motifs is 12. The molecule has 2 aromatic carbocycles. The first kappa shape index (κ1) is 73.9. The van der Waals surface area contributed by atoms with Crippen LogP contribution in [0.25, 0.3) is 10.9 Å². The fourth-order valence-corrected chi connectivity index (χ4v) is 17.1. The highest BCUT2D eigenvalue weighted by Crippen LogP contribution is 2.30. The van der Waals surface area contributed by atoms with Crippen molar-refractivity contribution in [3.05, 3.63) is 90.1 Å². The lowest BCUT2D eigenvalue weighted by molar-refractivity contribution is -0.148. The van der Waals surface area contributed by atoms with E-state index in [0.29, 0.717) is 42.5 Å². The first-order valence-corrected chi connectivity index (χ1v) is 37.5. The van der Waals surface area contributed by atoms with Crippen LogP contribution in [0.15, 0.2) is 73.3 Å². The van der Waals surface area contributed by atoms with E-state index in [9.17, 15) is 58.2 Å². The molecule has 9 rings (SSSR count). The number of aromatic nitrogens is 3. The Bertz CT molecular complexity index is 3550. The first-order valence-electron chi connectivity index (χ1n) is 32.5. The summed E-state index contributed by atoms with van der Waals surface area (Å²) in [7, 11) is 3.65. The molecule has 31 nitrogen and oxygen atoms in total. The van der Waals surface area contributed by atoms with E-state index < -0.39 is 163 Å². The number of aliphatic hydroxyl groups excluding tert-OH is 1. The molecule has 12 amide bonds. The quantitative estimate of drug-likeness (QED) is 0.0675. The molecule has 0 spiro atoms. The molecule has 4 aromatic rings. The van der Waals surface area contributed by atoms with Crippen molar-refractivity contribution in [2.24, 2.45) is 5.73 Å². The van der Waals surface area contributed by atoms with E-state index in [2.05, 4.69) is 62.8 Å². The van der Waals surface area contributed by atoms with Gasteiger partial charge in [-0.3, -0.25) is 57.5 Å². The highest BCUT2D eigenvalue weighted by molar-refractivity contribution is 8.77. The third-order valence-corrected chi connectivity index (χ3v) is 22.4. The number of nitrogens with one attached hydrogen (secondary N) is 11. The van der Waals surface area contributed by atoms with Gasteiger partial charge in [0.25, 0.3) is 0 Å². The molecule has 0 saturated carbocycles. The zero-order valence-electron chi connectivity index (χ0n) is 53.7. The first-order chi connectivity index (χ1) is 47.2. The number of hydrogen-bond acceptors (Lipinski definition) is 20. The number of para-hydroxylation sites is 1. The molecule has 2 aromatic heterocycles. The Morgan fingerprint density at radius 2 is 1.09 bits per heavy atom. The van der Waals surface area contributed by atoms with E-state index in [1.165, 1.54) is 27.2 Å². The Morgan fingerprint density at radius 3 is 1.72 bits per heavy atom. The van der Waals surface area contributed by atoms with Gasteiger partial charge >= 0.3 is 5.97 Å². The highest BCUT2D eigenvalue weighted by atomic mass is 33.1. The molecule has 7 heterocycles. The molecule has 528 valence electrons. The van der Waals surface area contributed by atoms with Crippen LogP contribution in [0.1, 0.15) is 75.1 Å². The normalized spacial score (nSPS) is 27.7. The minimum Gasteiger partial charge on any atom is -0.480 e. The Balaban J connectivity index is 1.12. The van der Waals surface area contributed by atoms with Crippen LogP contribution in [0.3, 0.4) is 0 Å². The number of rotatable bonds is 12. The summed E-state index contributed by atoms with van der Waals surface area (Å²) in [6.07, 6.45) is 5.84. The van der Waals surface area contributed by atoms with E-state index in [0.717, 1.165) is 54.1 Å². The number of nitrogens with zero attached hydrogens (tertiary/aromatic N) is 4. The zero-order chi connectivity index (χ0) is 70.0. The number of carboxylic acid groups (broad SMARTS) is 1. The second-order valence-electron chi connectivity index (χ2n) is 24.4. The van der Waals surface area contributed by atoms with Gasteiger partial charge in [0.2, 0.25) is 70.9 Å². The van der Waals surface area contributed by atoms with E-state index in [-0.39, 0.29) is 87.6 Å². The van der Waals surface area contributed by atoms with Crippen molar-refractivity contribution in [3.8, 4) is 0 Å². The largest absolute Gasteiger partial charge is 0.480 e. The number of benzene rings is 2. The third kappa shape index (κ3) is 19.1. The highest BCUT2D eigenvalue weighted by Gasteiger charge is 2.46. The van der Waals surface area contributed by atoms with Crippen molar-refractivity contribution < 1.29 is 72.5 Å². The van der Waals surface area contributed by atoms with Gasteiger partial charge < -0.3 is 88.5 Å². The summed E-state index contributed by atoms with van der Waals surface area (Å²) in [5, 5.41) is 46.0. The number of H-pyrrole nitrogens is 2. The fourth-order valence-electron chi connectivity index (χ4n) is 12.4. The van der Waals surface area contributed by atoms with Gasteiger partial charge in [-0.15, -0.1) is 0 Å². The second-order valence-corrected chi connectivity index (χ2v) is 29.5. The summed E-state index contributed by atoms with van der Waals surface area (Å²) in [5.41, 5.74) is 7.99. The summed E-state index contributed by atoms with van der Waals surface area (Å²) < 4.78 is 0. The Morgan fingerprint density at radius 1 is 0.561 bits per heavy atom. The smallest absolute Gasteiger partial charge is 0.327 e. The second kappa shape index (κ2) is 35.4. The maximum atomic E-state index is 15.3. The van der Waals surface area contributed by atoms with Crippen molar-refractivity contribution in [2.45, 2.75) is 150 Å². The van der Waals surface area contributed by atoms with Crippen molar-refractivity contribution >= 4 is 131 Å². The van der Waals surface area contributed by atoms with Crippen LogP contribution in [0, 0.1) is 0 Å². The number of carbonyl (C=O) groups excluding carboxylic acids is 12. The molecule has 5 fully saturated rings. The van der Waals surface area contributed by atoms with Crippen LogP contribution in [0.5, 0.6) is 0 Å². The lowest BCUT2D eigenvalue weighted by Crippen LogP contribution is -2.61. The van der Waals surface area contributed by atoms with Crippen LogP contribution < -0.4 is 53.6 Å². The van der Waals surface area contributed by atoms with Gasteiger partial charge in [0.1, 0.15) is 72.5 Å². The molecule has 5 saturated heterocycles. The van der Waals surface area contributed by atoms with Gasteiger partial charge in [-0.2, -0.15) is 0 Å². The number of aliphatic hydroxyl groups is 1. The van der Waals surface area contributed by atoms with Crippen LogP contribution in [0.2, 0.25) is 0 Å². The monoisotopic (exact) mass is 1430 g/mol. The molecule has 5 aliphatic rings. The summed E-state index contributed by atoms with van der Waals surface area (Å²) in [6.45, 7) is 0.358. The van der Waals surface area contributed by atoms with Crippen LogP contribution in [-0.2, 0) is 81.6 Å². The fraction of sp³-hybridized carbons (Fsp3) is 0.524. The number of hydrogen-bond donors (Lipinski definition) is 14. The molecular formula is C63H82N16O15S4. The lowest BCUT2D eigenvalue weighted by Gasteiger charge is -2.33. The number of amides is 12. The number of carbonyl (C=O) groups is 13. The predicted octanol–water partition coefficient (Wildman–Crippen LogP) is -2.12. The number of nitrogens with two attached hydrogens (primary N) is 1. The standard InChI is InChI=1S/C63H82N16O15S4/c1-2-11-39-60(90)77-19-8-16-48(77)59(89)76-47(63(93)94)32-98-97-30-45-57(87)73-43(28-80)54(84)72-42(24-36-27-65-33-67-36)61(91)79-21-10-18-50(79)62(92)78-20-9-17-49(78)58(88)75-46(31-96-95-29-44(55(85)74-45)68-51(81)25-64)56(86)70-40(22-34-12-4-3-5-13-34)52(82)71-41(53(83)69-39)23-35-26-66-38-15-7-6-14-37(35)38/h3-7,12-15,26-27,33,39-50,66,80H,2,8-11,16-25,28-32,64H2,1H3,(H,65,67)(H,68,81)(H,69,83)(H,70,86)(H,71,82)(H,72,84)(H,73,87)(H,74,85)(H,75,88)(H,76,89)(H,93,94)/t39-,40-,41-,42-,43-,44-,45-,46-,47-,48-,49-,50-/m0/s1. The number of carboxylic acids is 1. The van der Waals surface area contributed by atoms with Crippen molar-refractivity contribution in [2.75, 3.05) is 55.8 Å². The van der Waals surface area contributed by atoms with Gasteiger partial charge in [0.15, 0.2) is 0 Å². The molecule has 12 atom stereocenters. The molecule has 15 N–H and O–H groups in total. The minimum atomic E-state index is -1.79. The molecule has 2 bridgehead atoms. The molecule has 5 aliphatic heterocycles. The molecule has 0 radical (unpaired) electrons. The third-order valence-electron chi connectivity index (χ3n) is 17.6. The van der Waals surface area contributed by atoms with Crippen LogP contribution in [-0.4, -0.2) is 245 Å². The van der Waals surface area contributed by atoms with Gasteiger partial charge in [-0.05, 0) is 62.1 Å². The Hall–Kier alpha value is -8.38. The van der Waals surface area contributed by atoms with Gasteiger partial charge in [0, 0.05) is 90.9 Å². The van der Waals surface area contributed by atoms with Gasteiger partial charge in [-0.25, -0.2) is 9.78 Å². The predicted molar refractivity (Wildman–Crippen MR) is 365 cm³/mol. The molecule has 0 aliphatic carbocycles. The Kier molecular flexibility index (Phi) is 26.7. The van der Waals surface area contributed by atoms with E-state index in [1.54, 1.807) is 49.5 Å². The zero-order valence-corrected chi connectivity index (χ0v) is 57.0. The summed E-state index contributed by atoms with van der Waals surface area (Å²) in [6, 6.07) is -1.24. The molecule has 35 heteroatoms. The van der Waals surface area contributed by atoms with Crippen LogP contribution >= 0.6 is 43.2 Å². The van der Waals surface area contributed by atoms with E-state index >= 15 is 14.4 Å². The minimum absolute atomic E-state index is 0.0559. The average molecular weight is 1430 g/mol. The van der Waals surface area contributed by atoms with Gasteiger partial charge in [0.05, 0.1) is 19.5 Å². The number of aliphatic carboxylic acids is 1. The van der Waals surface area contributed by atoms with Crippen LogP contribution in [0.4, 0.5) is 0 Å². The molecular weight excluding hydrogens is 1350 g/mol. The molecule has 0 unspecified atom stereocenters. The maximum Gasteiger partial charge on any atom is 0.327 e. The Labute approximate surface area is 579 Å². The van der Waals surface area contributed by atoms with Crippen molar-refractivity contribution in [1.29, 1.82) is 0 Å². The topological polar surface area (TPSA) is 451 Å². The van der Waals surface area contributed by atoms with E-state index in [1.807, 2.05) is 18.2 Å². The van der Waals surface area contributed by atoms with Crippen molar-refractivity contribution in [1.82, 2.24) is 77.5 Å². The van der Waals surface area contributed by atoms with Gasteiger partial charge in [-0.1, -0.05) is 105 Å². The summed E-state index contributed by atoms with van der Waals surface area (Å²) >= 11 is 0. The number of aromatic amines is 2. The average Bonchev–Trinajstić information content (AvgIpc) is 1.62. The summed E-state index contributed by atoms with van der Waals surface area (Å²) in [4.78, 5) is 203. The van der Waals surface area contributed by atoms with E-state index in [4.69, 9.17) is 5.73 Å².